The van der Waals surface area contributed by atoms with E-state index in [1.807, 2.05) is 31.4 Å². The van der Waals surface area contributed by atoms with Gasteiger partial charge in [0.05, 0.1) is 3.57 Å². The summed E-state index contributed by atoms with van der Waals surface area (Å²) in [5.41, 5.74) is 1.02. The molecule has 0 atom stereocenters. The Morgan fingerprint density at radius 1 is 1.17 bits per heavy atom. The smallest absolute Gasteiger partial charge is 0.142 e. The first kappa shape index (κ1) is 13.3. The minimum atomic E-state index is -0.197. The minimum absolute atomic E-state index is 0.197. The number of halogens is 1. The Kier molecular flexibility index (Phi) is 3.85. The molecule has 0 saturated carbocycles. The Morgan fingerprint density at radius 2 is 1.83 bits per heavy atom. The largest absolute Gasteiger partial charge is 0.372 e. The zero-order valence-electron chi connectivity index (χ0n) is 10.7. The maximum Gasteiger partial charge on any atom is 0.142 e. The van der Waals surface area contributed by atoms with Crippen molar-refractivity contribution in [1.29, 1.82) is 0 Å². The van der Waals surface area contributed by atoms with E-state index in [9.17, 15) is 0 Å². The molecule has 4 heteroatoms. The number of benzene rings is 1. The van der Waals surface area contributed by atoms with Crippen LogP contribution in [0.5, 0.6) is 0 Å². The zero-order chi connectivity index (χ0) is 13.2. The third kappa shape index (κ3) is 2.48. The molecule has 3 nitrogen and oxygen atoms in total. The van der Waals surface area contributed by atoms with Crippen LogP contribution in [0, 0.1) is 3.57 Å². The fourth-order valence-electron chi connectivity index (χ4n) is 1.83. The third-order valence-corrected chi connectivity index (χ3v) is 3.82. The van der Waals surface area contributed by atoms with Crippen LogP contribution in [0.4, 0.5) is 5.82 Å². The van der Waals surface area contributed by atoms with E-state index >= 15 is 0 Å². The predicted molar refractivity (Wildman–Crippen MR) is 82.9 cm³/mol. The van der Waals surface area contributed by atoms with Gasteiger partial charge in [0, 0.05) is 18.7 Å². The van der Waals surface area contributed by atoms with E-state index in [0.717, 1.165) is 15.2 Å². The molecule has 0 unspecified atom stereocenters. The van der Waals surface area contributed by atoms with Crippen LogP contribution in [-0.4, -0.2) is 17.0 Å². The van der Waals surface area contributed by atoms with Crippen LogP contribution in [0.2, 0.25) is 0 Å². The number of nitrogens with one attached hydrogen (secondary N) is 1. The van der Waals surface area contributed by atoms with Crippen LogP contribution in [0.25, 0.3) is 0 Å². The summed E-state index contributed by atoms with van der Waals surface area (Å²) >= 11 is 2.23. The quantitative estimate of drug-likeness (QED) is 0.859. The second-order valence-electron chi connectivity index (χ2n) is 4.63. The van der Waals surface area contributed by atoms with Crippen LogP contribution < -0.4 is 5.32 Å². The molecule has 0 aliphatic rings. The number of hydrogen-bond acceptors (Lipinski definition) is 3. The summed E-state index contributed by atoms with van der Waals surface area (Å²) in [5.74, 6) is 1.71. The van der Waals surface area contributed by atoms with Gasteiger partial charge in [-0.15, -0.1) is 0 Å². The van der Waals surface area contributed by atoms with E-state index < -0.39 is 0 Å². The van der Waals surface area contributed by atoms with Gasteiger partial charge in [0.2, 0.25) is 0 Å². The Bertz CT molecular complexity index is 538. The molecule has 0 aliphatic carbocycles. The van der Waals surface area contributed by atoms with Crippen molar-refractivity contribution in [2.75, 3.05) is 12.4 Å². The van der Waals surface area contributed by atoms with Crippen LogP contribution in [0.15, 0.2) is 36.5 Å². The molecule has 0 bridgehead atoms. The number of anilines is 1. The fourth-order valence-corrected chi connectivity index (χ4v) is 2.36. The van der Waals surface area contributed by atoms with E-state index in [0.29, 0.717) is 0 Å². The molecule has 0 amide bonds. The summed E-state index contributed by atoms with van der Waals surface area (Å²) in [4.78, 5) is 9.09. The molecule has 0 fully saturated rings. The van der Waals surface area contributed by atoms with Crippen molar-refractivity contribution in [3.05, 3.63) is 51.5 Å². The van der Waals surface area contributed by atoms with Crippen LogP contribution in [0.3, 0.4) is 0 Å². The van der Waals surface area contributed by atoms with Gasteiger partial charge in [-0.3, -0.25) is 0 Å². The van der Waals surface area contributed by atoms with Gasteiger partial charge in [-0.05, 0) is 42.0 Å². The molecule has 1 heterocycles. The Balaban J connectivity index is 2.47. The van der Waals surface area contributed by atoms with Gasteiger partial charge in [-0.1, -0.05) is 30.3 Å². The average Bonchev–Trinajstić information content (AvgIpc) is 2.40. The molecule has 1 aromatic carbocycles. The summed E-state index contributed by atoms with van der Waals surface area (Å²) in [7, 11) is 1.88. The van der Waals surface area contributed by atoms with E-state index in [-0.39, 0.29) is 5.41 Å². The number of rotatable bonds is 3. The highest BCUT2D eigenvalue weighted by molar-refractivity contribution is 14.1. The molecule has 0 radical (unpaired) electrons. The van der Waals surface area contributed by atoms with E-state index in [2.05, 4.69) is 63.9 Å². The van der Waals surface area contributed by atoms with Crippen molar-refractivity contribution < 1.29 is 0 Å². The Hall–Kier alpha value is -1.17. The lowest BCUT2D eigenvalue weighted by molar-refractivity contribution is 0.590. The fraction of sp³-hybridized carbons (Fsp3) is 0.286. The van der Waals surface area contributed by atoms with Crippen molar-refractivity contribution in [2.24, 2.45) is 0 Å². The molecule has 1 N–H and O–H groups in total. The average molecular weight is 353 g/mol. The lowest BCUT2D eigenvalue weighted by Gasteiger charge is -2.24. The first-order valence-electron chi connectivity index (χ1n) is 5.82. The highest BCUT2D eigenvalue weighted by atomic mass is 127. The van der Waals surface area contributed by atoms with Crippen molar-refractivity contribution >= 4 is 28.4 Å². The first-order valence-corrected chi connectivity index (χ1v) is 6.90. The molecule has 18 heavy (non-hydrogen) atoms. The highest BCUT2D eigenvalue weighted by Crippen LogP contribution is 2.29. The van der Waals surface area contributed by atoms with Gasteiger partial charge in [0.1, 0.15) is 11.6 Å². The van der Waals surface area contributed by atoms with E-state index in [1.54, 1.807) is 0 Å². The van der Waals surface area contributed by atoms with Gasteiger partial charge < -0.3 is 5.32 Å². The number of nitrogens with zero attached hydrogens (tertiary/aromatic N) is 2. The van der Waals surface area contributed by atoms with Crippen molar-refractivity contribution in [2.45, 2.75) is 19.3 Å². The second-order valence-corrected chi connectivity index (χ2v) is 5.79. The maximum absolute atomic E-state index is 4.61. The maximum atomic E-state index is 4.61. The summed E-state index contributed by atoms with van der Waals surface area (Å²) in [6.45, 7) is 4.29. The van der Waals surface area contributed by atoms with Gasteiger partial charge in [0.15, 0.2) is 0 Å². The van der Waals surface area contributed by atoms with E-state index in [1.165, 1.54) is 5.56 Å². The zero-order valence-corrected chi connectivity index (χ0v) is 12.9. The Morgan fingerprint density at radius 3 is 2.44 bits per heavy atom. The normalized spacial score (nSPS) is 11.3. The van der Waals surface area contributed by atoms with Crippen molar-refractivity contribution in [3.8, 4) is 0 Å². The standard InChI is InChI=1S/C14H16IN3/c1-14(2,10-7-5-4-6-8-10)13-17-9-11(15)12(16-3)18-13/h4-9H,1-3H3,(H,16,17,18). The summed E-state index contributed by atoms with van der Waals surface area (Å²) in [6.07, 6.45) is 1.86. The summed E-state index contributed by atoms with van der Waals surface area (Å²) in [5, 5.41) is 3.10. The molecule has 1 aromatic heterocycles. The van der Waals surface area contributed by atoms with Crippen LogP contribution in [-0.2, 0) is 5.41 Å². The number of hydrogen-bond donors (Lipinski definition) is 1. The SMILES string of the molecule is CNc1nc(C(C)(C)c2ccccc2)ncc1I. The second kappa shape index (κ2) is 5.22. The van der Waals surface area contributed by atoms with Gasteiger partial charge in [0.25, 0.3) is 0 Å². The first-order chi connectivity index (χ1) is 8.55. The molecular weight excluding hydrogens is 337 g/mol. The van der Waals surface area contributed by atoms with Crippen molar-refractivity contribution in [3.63, 3.8) is 0 Å². The lowest BCUT2D eigenvalue weighted by atomic mass is 9.84. The molecular formula is C14H16IN3. The van der Waals surface area contributed by atoms with Gasteiger partial charge >= 0.3 is 0 Å². The molecule has 0 aliphatic heterocycles. The lowest BCUT2D eigenvalue weighted by Crippen LogP contribution is -2.23. The molecule has 0 spiro atoms. The molecule has 2 aromatic rings. The van der Waals surface area contributed by atoms with Gasteiger partial charge in [-0.25, -0.2) is 9.97 Å². The predicted octanol–water partition coefficient (Wildman–Crippen LogP) is 3.45. The number of aromatic nitrogens is 2. The summed E-state index contributed by atoms with van der Waals surface area (Å²) in [6, 6.07) is 10.3. The molecule has 94 valence electrons. The molecule has 0 saturated heterocycles. The monoisotopic (exact) mass is 353 g/mol. The van der Waals surface area contributed by atoms with Crippen LogP contribution >= 0.6 is 22.6 Å². The van der Waals surface area contributed by atoms with Gasteiger partial charge in [-0.2, -0.15) is 0 Å². The highest BCUT2D eigenvalue weighted by Gasteiger charge is 2.26. The van der Waals surface area contributed by atoms with Crippen LogP contribution in [0.1, 0.15) is 25.2 Å². The van der Waals surface area contributed by atoms with E-state index in [4.69, 9.17) is 0 Å². The Labute approximate surface area is 121 Å². The topological polar surface area (TPSA) is 37.8 Å². The van der Waals surface area contributed by atoms with Crippen molar-refractivity contribution in [1.82, 2.24) is 9.97 Å². The summed E-state index contributed by atoms with van der Waals surface area (Å²) < 4.78 is 1.03. The minimum Gasteiger partial charge on any atom is -0.372 e. The third-order valence-electron chi connectivity index (χ3n) is 3.04. The molecule has 2 rings (SSSR count).